The Morgan fingerprint density at radius 1 is 1.18 bits per heavy atom. The number of urea groups is 1. The lowest BCUT2D eigenvalue weighted by molar-refractivity contribution is -0.0489. The summed E-state index contributed by atoms with van der Waals surface area (Å²) in [5, 5.41) is 6.88. The van der Waals surface area contributed by atoms with E-state index in [1.54, 1.807) is 19.1 Å². The van der Waals surface area contributed by atoms with Crippen molar-refractivity contribution >= 4 is 32.6 Å². The zero-order chi connectivity index (χ0) is 23.8. The Morgan fingerprint density at radius 3 is 2.55 bits per heavy atom. The van der Waals surface area contributed by atoms with Gasteiger partial charge in [0.15, 0.2) is 11.5 Å². The average molecular weight is 481 g/mol. The highest BCUT2D eigenvalue weighted by Gasteiger charge is 2.34. The second-order valence-electron chi connectivity index (χ2n) is 7.36. The molecule has 0 aliphatic carbocycles. The molecule has 0 radical (unpaired) electrons. The molecule has 0 saturated carbocycles. The van der Waals surface area contributed by atoms with Crippen LogP contribution in [0.1, 0.15) is 11.5 Å². The van der Waals surface area contributed by atoms with Gasteiger partial charge in [0.1, 0.15) is 16.1 Å². The number of hydrogen-bond acceptors (Lipinski definition) is 7. The first-order valence-corrected chi connectivity index (χ1v) is 11.4. The van der Waals surface area contributed by atoms with Crippen molar-refractivity contribution in [3.63, 3.8) is 0 Å². The highest BCUT2D eigenvalue weighted by molar-refractivity contribution is 7.89. The van der Waals surface area contributed by atoms with Gasteiger partial charge >= 0.3 is 12.6 Å². The summed E-state index contributed by atoms with van der Waals surface area (Å²) >= 11 is 0. The number of aromatic nitrogens is 2. The van der Waals surface area contributed by atoms with E-state index in [0.717, 1.165) is 0 Å². The van der Waals surface area contributed by atoms with Crippen molar-refractivity contribution in [1.29, 1.82) is 0 Å². The molecule has 4 rings (SSSR count). The number of nitrogens with one attached hydrogen (secondary N) is 1. The topological polar surface area (TPSA) is 118 Å². The van der Waals surface area contributed by atoms with Crippen LogP contribution in [0.4, 0.5) is 19.3 Å². The largest absolute Gasteiger partial charge is 0.432 e. The molecule has 3 aromatic rings. The van der Waals surface area contributed by atoms with Gasteiger partial charge in [-0.2, -0.15) is 13.1 Å². The summed E-state index contributed by atoms with van der Waals surface area (Å²) in [4.78, 5) is 18.4. The second-order valence-corrected chi connectivity index (χ2v) is 9.24. The smallest absolute Gasteiger partial charge is 0.387 e. The number of carbonyl (C=O) groups excluding carboxylic acids is 1. The van der Waals surface area contributed by atoms with Crippen LogP contribution in [0.5, 0.6) is 5.75 Å². The van der Waals surface area contributed by atoms with E-state index in [0.29, 0.717) is 11.1 Å². The molecule has 1 saturated heterocycles. The molecule has 33 heavy (non-hydrogen) atoms. The zero-order valence-electron chi connectivity index (χ0n) is 17.8. The fourth-order valence-electron chi connectivity index (χ4n) is 3.74. The van der Waals surface area contributed by atoms with Gasteiger partial charge in [-0.25, -0.2) is 13.2 Å². The highest BCUT2D eigenvalue weighted by atomic mass is 32.2. The second kappa shape index (κ2) is 8.90. The van der Waals surface area contributed by atoms with E-state index >= 15 is 0 Å². The number of pyridine rings is 1. The standard InChI is InChI=1S/C20H21F2N5O5S/c1-12-18(13(2)32-25-12)33(29,30)27-10-8-26(9-11-27)20(28)24-15-5-6-16(31-19(21)22)17-14(15)4-3-7-23-17/h3-7,19H,8-11H2,1-2H3,(H,24,28). The van der Waals surface area contributed by atoms with Crippen LogP contribution in [0.25, 0.3) is 10.9 Å². The molecule has 3 heterocycles. The van der Waals surface area contributed by atoms with Gasteiger partial charge in [0, 0.05) is 37.8 Å². The van der Waals surface area contributed by atoms with Gasteiger partial charge in [0.2, 0.25) is 10.0 Å². The first kappa shape index (κ1) is 22.9. The number of hydrogen-bond donors (Lipinski definition) is 1. The number of carbonyl (C=O) groups is 1. The van der Waals surface area contributed by atoms with Gasteiger partial charge < -0.3 is 19.5 Å². The molecule has 10 nitrogen and oxygen atoms in total. The van der Waals surface area contributed by atoms with Crippen molar-refractivity contribution in [2.45, 2.75) is 25.4 Å². The van der Waals surface area contributed by atoms with Crippen LogP contribution >= 0.6 is 0 Å². The summed E-state index contributed by atoms with van der Waals surface area (Å²) in [5.74, 6) is 0.115. The first-order valence-electron chi connectivity index (χ1n) is 10.00. The molecule has 1 aromatic carbocycles. The Hall–Kier alpha value is -3.32. The van der Waals surface area contributed by atoms with Gasteiger partial charge in [-0.1, -0.05) is 5.16 Å². The number of sulfonamides is 1. The van der Waals surface area contributed by atoms with Gasteiger partial charge in [0.25, 0.3) is 0 Å². The molecule has 1 aliphatic heterocycles. The normalized spacial score (nSPS) is 15.2. The number of piperazine rings is 1. The predicted octanol–water partition coefficient (Wildman–Crippen LogP) is 2.98. The van der Waals surface area contributed by atoms with E-state index in [2.05, 4.69) is 20.2 Å². The molecular formula is C20H21F2N5O5S. The number of anilines is 1. The van der Waals surface area contributed by atoms with Crippen LogP contribution in [-0.2, 0) is 10.0 Å². The van der Waals surface area contributed by atoms with E-state index in [1.165, 1.54) is 34.5 Å². The minimum Gasteiger partial charge on any atom is -0.432 e. The molecule has 1 fully saturated rings. The van der Waals surface area contributed by atoms with Gasteiger partial charge in [-0.05, 0) is 38.1 Å². The van der Waals surface area contributed by atoms with E-state index in [-0.39, 0.29) is 53.8 Å². The number of halogens is 2. The lowest BCUT2D eigenvalue weighted by atomic mass is 10.1. The van der Waals surface area contributed by atoms with Crippen molar-refractivity contribution in [3.05, 3.63) is 41.9 Å². The lowest BCUT2D eigenvalue weighted by Gasteiger charge is -2.34. The van der Waals surface area contributed by atoms with E-state index < -0.39 is 22.7 Å². The molecular weight excluding hydrogens is 460 g/mol. The van der Waals surface area contributed by atoms with Crippen LogP contribution < -0.4 is 10.1 Å². The van der Waals surface area contributed by atoms with E-state index in [4.69, 9.17) is 4.52 Å². The zero-order valence-corrected chi connectivity index (χ0v) is 18.6. The third kappa shape index (κ3) is 4.46. The Kier molecular flexibility index (Phi) is 6.17. The maximum atomic E-state index is 12.9. The Labute approximate surface area is 188 Å². The number of ether oxygens (including phenoxy) is 1. The maximum Gasteiger partial charge on any atom is 0.387 e. The first-order chi connectivity index (χ1) is 15.7. The number of benzene rings is 1. The summed E-state index contributed by atoms with van der Waals surface area (Å²) in [6.45, 7) is 0.617. The molecule has 0 spiro atoms. The highest BCUT2D eigenvalue weighted by Crippen LogP contribution is 2.31. The number of aryl methyl sites for hydroxylation is 2. The fraction of sp³-hybridized carbons (Fsp3) is 0.350. The fourth-order valence-corrected chi connectivity index (χ4v) is 5.46. The maximum absolute atomic E-state index is 12.9. The third-order valence-corrected chi connectivity index (χ3v) is 7.43. The monoisotopic (exact) mass is 481 g/mol. The molecule has 1 aliphatic rings. The van der Waals surface area contributed by atoms with E-state index in [1.807, 2.05) is 0 Å². The van der Waals surface area contributed by atoms with Crippen LogP contribution in [-0.4, -0.2) is 66.6 Å². The average Bonchev–Trinajstić information content (AvgIpc) is 3.14. The number of alkyl halides is 2. The molecule has 1 N–H and O–H groups in total. The van der Waals surface area contributed by atoms with Crippen LogP contribution in [0.2, 0.25) is 0 Å². The minimum absolute atomic E-state index is 0.0467. The summed E-state index contributed by atoms with van der Waals surface area (Å²) in [6.07, 6.45) is 1.44. The summed E-state index contributed by atoms with van der Waals surface area (Å²) < 4.78 is 62.0. The van der Waals surface area contributed by atoms with Crippen LogP contribution in [0.3, 0.4) is 0 Å². The van der Waals surface area contributed by atoms with Crippen molar-refractivity contribution in [2.24, 2.45) is 0 Å². The van der Waals surface area contributed by atoms with Gasteiger partial charge in [0.05, 0.1) is 5.69 Å². The Balaban J connectivity index is 1.47. The number of fused-ring (bicyclic) bond motifs is 1. The minimum atomic E-state index is -3.80. The van der Waals surface area contributed by atoms with Crippen LogP contribution in [0, 0.1) is 13.8 Å². The van der Waals surface area contributed by atoms with E-state index in [9.17, 15) is 22.0 Å². The Bertz CT molecular complexity index is 1270. The molecule has 0 atom stereocenters. The SMILES string of the molecule is Cc1noc(C)c1S(=O)(=O)N1CCN(C(=O)Nc2ccc(OC(F)F)c3ncccc23)CC1. The molecule has 13 heteroatoms. The van der Waals surface area contributed by atoms with Gasteiger partial charge in [-0.15, -0.1) is 0 Å². The summed E-state index contributed by atoms with van der Waals surface area (Å²) in [6, 6.07) is 5.56. The van der Waals surface area contributed by atoms with Gasteiger partial charge in [-0.3, -0.25) is 4.98 Å². The van der Waals surface area contributed by atoms with Crippen molar-refractivity contribution in [1.82, 2.24) is 19.3 Å². The number of amides is 2. The third-order valence-electron chi connectivity index (χ3n) is 5.28. The van der Waals surface area contributed by atoms with Crippen molar-refractivity contribution in [2.75, 3.05) is 31.5 Å². The Morgan fingerprint density at radius 2 is 1.91 bits per heavy atom. The molecule has 176 valence electrons. The van der Waals surface area contributed by atoms with Crippen LogP contribution in [0.15, 0.2) is 39.9 Å². The molecule has 0 bridgehead atoms. The number of rotatable bonds is 5. The summed E-state index contributed by atoms with van der Waals surface area (Å²) in [7, 11) is -3.80. The van der Waals surface area contributed by atoms with Crippen molar-refractivity contribution in [3.8, 4) is 5.75 Å². The quantitative estimate of drug-likeness (QED) is 0.595. The molecule has 2 aromatic heterocycles. The van der Waals surface area contributed by atoms with Crippen molar-refractivity contribution < 1.29 is 31.3 Å². The number of nitrogens with zero attached hydrogens (tertiary/aromatic N) is 4. The lowest BCUT2D eigenvalue weighted by Crippen LogP contribution is -2.51. The summed E-state index contributed by atoms with van der Waals surface area (Å²) in [5.41, 5.74) is 0.842. The predicted molar refractivity (Wildman–Crippen MR) is 114 cm³/mol. The molecule has 0 unspecified atom stereocenters. The molecule has 2 amide bonds.